The number of aryl methyl sites for hydroxylation is 1. The minimum Gasteiger partial charge on any atom is -0.350 e. The van der Waals surface area contributed by atoms with Crippen LogP contribution in [-0.4, -0.2) is 23.1 Å². The molecule has 2 aliphatic rings. The van der Waals surface area contributed by atoms with Gasteiger partial charge in [-0.05, 0) is 48.4 Å². The summed E-state index contributed by atoms with van der Waals surface area (Å²) in [6.45, 7) is 0.444. The number of carbonyl (C=O) groups is 2. The zero-order valence-electron chi connectivity index (χ0n) is 19.8. The molecular weight excluding hydrogens is 524 g/mol. The summed E-state index contributed by atoms with van der Waals surface area (Å²) in [4.78, 5) is 28.0. The lowest BCUT2D eigenvalue weighted by molar-refractivity contribution is -0.137. The Bertz CT molecular complexity index is 1660. The van der Waals surface area contributed by atoms with Gasteiger partial charge in [-0.25, -0.2) is 9.18 Å². The fraction of sp³-hybridized carbons (Fsp3) is 0.185. The molecule has 0 radical (unpaired) electrons. The molecule has 11 heteroatoms. The molecule has 0 spiro atoms. The molecular formula is C27H19ClF4N4O2. The van der Waals surface area contributed by atoms with Gasteiger partial charge in [0.15, 0.2) is 0 Å². The molecule has 3 heterocycles. The molecule has 1 aromatic heterocycles. The van der Waals surface area contributed by atoms with Crippen molar-refractivity contribution in [2.75, 3.05) is 16.8 Å². The van der Waals surface area contributed by atoms with Gasteiger partial charge in [0.05, 0.1) is 22.9 Å². The third-order valence-corrected chi connectivity index (χ3v) is 7.40. The summed E-state index contributed by atoms with van der Waals surface area (Å²) < 4.78 is 55.4. The first-order valence-electron chi connectivity index (χ1n) is 11.7. The van der Waals surface area contributed by atoms with E-state index in [2.05, 4.69) is 10.6 Å². The van der Waals surface area contributed by atoms with Crippen LogP contribution in [0.5, 0.6) is 0 Å². The molecule has 1 atom stereocenters. The summed E-state index contributed by atoms with van der Waals surface area (Å²) in [6, 6.07) is 9.39. The first-order valence-corrected chi connectivity index (χ1v) is 12.1. The SMILES string of the molecule is Cn1cc(C(=O)Nc2ccc3c4c2C(c2cc(F)ccc2Cl)NC(=O)N4CC3)c2ccc(C(F)(F)F)cc21. The normalized spacial score (nSPS) is 16.5. The molecule has 4 aromatic rings. The lowest BCUT2D eigenvalue weighted by Gasteiger charge is -2.34. The Labute approximate surface area is 218 Å². The highest BCUT2D eigenvalue weighted by atomic mass is 35.5. The van der Waals surface area contributed by atoms with E-state index in [-0.39, 0.29) is 22.1 Å². The van der Waals surface area contributed by atoms with Crippen molar-refractivity contribution >= 4 is 45.8 Å². The number of halogens is 5. The zero-order valence-corrected chi connectivity index (χ0v) is 20.5. The fourth-order valence-corrected chi connectivity index (χ4v) is 5.52. The topological polar surface area (TPSA) is 66.4 Å². The van der Waals surface area contributed by atoms with E-state index in [0.717, 1.165) is 17.7 Å². The molecule has 6 nitrogen and oxygen atoms in total. The molecule has 2 N–H and O–H groups in total. The molecule has 0 bridgehead atoms. The van der Waals surface area contributed by atoms with Crippen LogP contribution in [0.4, 0.5) is 33.7 Å². The van der Waals surface area contributed by atoms with Gasteiger partial charge < -0.3 is 15.2 Å². The van der Waals surface area contributed by atoms with Crippen LogP contribution in [0.1, 0.15) is 38.7 Å². The molecule has 38 heavy (non-hydrogen) atoms. The Morgan fingerprint density at radius 3 is 2.68 bits per heavy atom. The second-order valence-corrected chi connectivity index (χ2v) is 9.73. The molecule has 2 aliphatic heterocycles. The minimum atomic E-state index is -4.52. The van der Waals surface area contributed by atoms with E-state index in [1.807, 2.05) is 6.07 Å². The van der Waals surface area contributed by atoms with Gasteiger partial charge in [0, 0.05) is 52.5 Å². The highest BCUT2D eigenvalue weighted by molar-refractivity contribution is 6.31. The van der Waals surface area contributed by atoms with Crippen LogP contribution < -0.4 is 15.5 Å². The molecule has 0 aliphatic carbocycles. The number of anilines is 2. The number of carbonyl (C=O) groups excluding carboxylic acids is 2. The van der Waals surface area contributed by atoms with E-state index in [1.165, 1.54) is 35.0 Å². The Morgan fingerprint density at radius 2 is 1.92 bits per heavy atom. The van der Waals surface area contributed by atoms with Crippen molar-refractivity contribution in [2.45, 2.75) is 18.6 Å². The second kappa shape index (κ2) is 8.49. The third kappa shape index (κ3) is 3.78. The first-order chi connectivity index (χ1) is 18.0. The number of fused-ring (bicyclic) bond motifs is 1. The molecule has 3 aromatic carbocycles. The highest BCUT2D eigenvalue weighted by Crippen LogP contribution is 2.46. The maximum Gasteiger partial charge on any atom is 0.416 e. The van der Waals surface area contributed by atoms with Gasteiger partial charge in [0.1, 0.15) is 5.82 Å². The number of urea groups is 1. The van der Waals surface area contributed by atoms with Crippen LogP contribution in [0.25, 0.3) is 10.9 Å². The summed E-state index contributed by atoms with van der Waals surface area (Å²) in [7, 11) is 1.56. The Morgan fingerprint density at radius 1 is 1.13 bits per heavy atom. The number of aromatic nitrogens is 1. The largest absolute Gasteiger partial charge is 0.416 e. The summed E-state index contributed by atoms with van der Waals surface area (Å²) in [6.07, 6.45) is -2.44. The quantitative estimate of drug-likeness (QED) is 0.294. The Hall–Kier alpha value is -4.05. The van der Waals surface area contributed by atoms with Crippen molar-refractivity contribution in [2.24, 2.45) is 7.05 Å². The number of alkyl halides is 3. The van der Waals surface area contributed by atoms with Crippen molar-refractivity contribution in [1.82, 2.24) is 9.88 Å². The van der Waals surface area contributed by atoms with E-state index in [9.17, 15) is 27.2 Å². The monoisotopic (exact) mass is 542 g/mol. The summed E-state index contributed by atoms with van der Waals surface area (Å²) in [5.74, 6) is -1.08. The lowest BCUT2D eigenvalue weighted by atomic mass is 9.91. The smallest absolute Gasteiger partial charge is 0.350 e. The van der Waals surface area contributed by atoms with Gasteiger partial charge in [-0.1, -0.05) is 23.7 Å². The van der Waals surface area contributed by atoms with E-state index >= 15 is 0 Å². The number of amides is 3. The zero-order chi connectivity index (χ0) is 26.9. The van der Waals surface area contributed by atoms with E-state index < -0.39 is 29.5 Å². The van der Waals surface area contributed by atoms with Gasteiger partial charge in [-0.15, -0.1) is 0 Å². The van der Waals surface area contributed by atoms with Crippen molar-refractivity contribution in [3.63, 3.8) is 0 Å². The second-order valence-electron chi connectivity index (χ2n) is 9.32. The Balaban J connectivity index is 1.45. The van der Waals surface area contributed by atoms with Crippen LogP contribution in [0.2, 0.25) is 5.02 Å². The molecule has 1 unspecified atom stereocenters. The van der Waals surface area contributed by atoms with E-state index in [1.54, 1.807) is 18.0 Å². The first kappa shape index (κ1) is 24.3. The Kier molecular flexibility index (Phi) is 5.43. The summed E-state index contributed by atoms with van der Waals surface area (Å²) in [5, 5.41) is 6.34. The van der Waals surface area contributed by atoms with Crippen molar-refractivity contribution in [1.29, 1.82) is 0 Å². The summed E-state index contributed by atoms with van der Waals surface area (Å²) >= 11 is 6.40. The molecule has 0 saturated carbocycles. The number of nitrogens with zero attached hydrogens (tertiary/aromatic N) is 2. The number of benzene rings is 3. The molecule has 0 fully saturated rings. The fourth-order valence-electron chi connectivity index (χ4n) is 5.30. The maximum absolute atomic E-state index is 14.2. The predicted octanol–water partition coefficient (Wildman–Crippen LogP) is 6.42. The number of nitrogens with one attached hydrogen (secondary N) is 2. The standard InChI is InChI=1S/C27H19ClF4N4O2/c1-35-12-18(16-5-3-14(10-21(16)35)27(30,31)32)25(37)33-20-7-2-13-8-9-36-24(13)22(20)23(34-26(36)38)17-11-15(29)4-6-19(17)28/h2-7,10-12,23H,8-9H2,1H3,(H,33,37)(H,34,38). The summed E-state index contributed by atoms with van der Waals surface area (Å²) in [5.41, 5.74) is 2.41. The van der Waals surface area contributed by atoms with Crippen molar-refractivity contribution in [3.8, 4) is 0 Å². The van der Waals surface area contributed by atoms with Gasteiger partial charge in [-0.3, -0.25) is 9.69 Å². The van der Waals surface area contributed by atoms with Crippen LogP contribution >= 0.6 is 11.6 Å². The average Bonchev–Trinajstić information content (AvgIpc) is 3.45. The molecule has 3 amide bonds. The number of rotatable bonds is 3. The van der Waals surface area contributed by atoms with Crippen LogP contribution in [0, 0.1) is 5.82 Å². The third-order valence-electron chi connectivity index (χ3n) is 7.06. The van der Waals surface area contributed by atoms with E-state index in [4.69, 9.17) is 11.6 Å². The van der Waals surface area contributed by atoms with Crippen LogP contribution in [0.3, 0.4) is 0 Å². The molecule has 6 rings (SSSR count). The molecule has 194 valence electrons. The lowest BCUT2D eigenvalue weighted by Crippen LogP contribution is -2.46. The van der Waals surface area contributed by atoms with E-state index in [0.29, 0.717) is 40.9 Å². The highest BCUT2D eigenvalue weighted by Gasteiger charge is 2.39. The maximum atomic E-state index is 14.2. The average molecular weight is 543 g/mol. The van der Waals surface area contributed by atoms with Crippen LogP contribution in [0.15, 0.2) is 54.7 Å². The van der Waals surface area contributed by atoms with Gasteiger partial charge in [-0.2, -0.15) is 13.2 Å². The van der Waals surface area contributed by atoms with Crippen molar-refractivity contribution in [3.05, 3.63) is 93.4 Å². The van der Waals surface area contributed by atoms with Crippen LogP contribution in [-0.2, 0) is 19.6 Å². The minimum absolute atomic E-state index is 0.181. The van der Waals surface area contributed by atoms with Crippen molar-refractivity contribution < 1.29 is 27.2 Å². The molecule has 0 saturated heterocycles. The predicted molar refractivity (Wildman–Crippen MR) is 135 cm³/mol. The van der Waals surface area contributed by atoms with Gasteiger partial charge in [0.2, 0.25) is 0 Å². The number of hydrogen-bond donors (Lipinski definition) is 2. The van der Waals surface area contributed by atoms with Gasteiger partial charge in [0.25, 0.3) is 5.91 Å². The van der Waals surface area contributed by atoms with Gasteiger partial charge >= 0.3 is 12.2 Å². The number of hydrogen-bond acceptors (Lipinski definition) is 2.